The van der Waals surface area contributed by atoms with Crippen LogP contribution in [0.1, 0.15) is 16.8 Å². The fourth-order valence-electron chi connectivity index (χ4n) is 1.01. The lowest BCUT2D eigenvalue weighted by molar-refractivity contribution is 0.0954. The molecule has 5 heteroatoms. The number of carbonyl (C=O) groups excluding carboxylic acids is 1. The number of amides is 1. The van der Waals surface area contributed by atoms with E-state index in [0.29, 0.717) is 12.1 Å². The average molecular weight is 295 g/mol. The van der Waals surface area contributed by atoms with Crippen molar-refractivity contribution in [3.63, 3.8) is 0 Å². The topological polar surface area (TPSA) is 29.1 Å². The van der Waals surface area contributed by atoms with Gasteiger partial charge >= 0.3 is 0 Å². The lowest BCUT2D eigenvalue weighted by Gasteiger charge is -2.04. The van der Waals surface area contributed by atoms with Gasteiger partial charge in [0, 0.05) is 17.4 Å². The predicted molar refractivity (Wildman–Crippen MR) is 62.2 cm³/mol. The van der Waals surface area contributed by atoms with Crippen LogP contribution in [-0.4, -0.2) is 17.8 Å². The summed E-state index contributed by atoms with van der Waals surface area (Å²) >= 11 is 8.81. The molecule has 0 saturated carbocycles. The van der Waals surface area contributed by atoms with Gasteiger partial charge in [0.15, 0.2) is 0 Å². The summed E-state index contributed by atoms with van der Waals surface area (Å²) in [6.45, 7) is 0.582. The van der Waals surface area contributed by atoms with E-state index in [9.17, 15) is 9.18 Å². The van der Waals surface area contributed by atoms with Crippen LogP contribution in [0.4, 0.5) is 4.39 Å². The second kappa shape index (κ2) is 6.08. The van der Waals surface area contributed by atoms with Crippen molar-refractivity contribution in [2.24, 2.45) is 0 Å². The maximum Gasteiger partial charge on any atom is 0.251 e. The smallest absolute Gasteiger partial charge is 0.251 e. The van der Waals surface area contributed by atoms with E-state index in [1.54, 1.807) is 0 Å². The molecule has 0 spiro atoms. The molecule has 0 atom stereocenters. The van der Waals surface area contributed by atoms with Crippen LogP contribution in [0.5, 0.6) is 0 Å². The maximum absolute atomic E-state index is 12.8. The van der Waals surface area contributed by atoms with E-state index < -0.39 is 5.82 Å². The largest absolute Gasteiger partial charge is 0.352 e. The zero-order valence-electron chi connectivity index (χ0n) is 7.90. The van der Waals surface area contributed by atoms with E-state index in [1.165, 1.54) is 18.2 Å². The molecule has 0 unspecified atom stereocenters. The fourth-order valence-corrected chi connectivity index (χ4v) is 1.47. The summed E-state index contributed by atoms with van der Waals surface area (Å²) in [6.07, 6.45) is 0.848. The van der Waals surface area contributed by atoms with Gasteiger partial charge in [-0.1, -0.05) is 27.5 Å². The number of alkyl halides is 1. The van der Waals surface area contributed by atoms with Crippen molar-refractivity contribution in [3.05, 3.63) is 34.6 Å². The molecule has 0 aliphatic rings. The molecule has 15 heavy (non-hydrogen) atoms. The Morgan fingerprint density at radius 1 is 1.53 bits per heavy atom. The van der Waals surface area contributed by atoms with E-state index in [-0.39, 0.29) is 10.9 Å². The van der Waals surface area contributed by atoms with Gasteiger partial charge in [-0.2, -0.15) is 0 Å². The Bertz CT molecular complexity index is 359. The van der Waals surface area contributed by atoms with Gasteiger partial charge in [0.05, 0.1) is 5.02 Å². The summed E-state index contributed by atoms with van der Waals surface area (Å²) in [4.78, 5) is 11.5. The molecular formula is C10H10BrClFNO. The quantitative estimate of drug-likeness (QED) is 0.671. The zero-order valence-corrected chi connectivity index (χ0v) is 10.2. The van der Waals surface area contributed by atoms with Gasteiger partial charge in [-0.3, -0.25) is 4.79 Å². The molecule has 0 radical (unpaired) electrons. The summed E-state index contributed by atoms with van der Waals surface area (Å²) in [5, 5.41) is 3.49. The van der Waals surface area contributed by atoms with Gasteiger partial charge in [0.1, 0.15) is 5.82 Å². The molecular weight excluding hydrogens is 284 g/mol. The third kappa shape index (κ3) is 3.80. The van der Waals surface area contributed by atoms with Crippen molar-refractivity contribution in [2.75, 3.05) is 11.9 Å². The van der Waals surface area contributed by atoms with Gasteiger partial charge in [0.2, 0.25) is 0 Å². The zero-order chi connectivity index (χ0) is 11.3. The van der Waals surface area contributed by atoms with Crippen molar-refractivity contribution in [2.45, 2.75) is 6.42 Å². The lowest BCUT2D eigenvalue weighted by Crippen LogP contribution is -2.24. The Balaban J connectivity index is 2.62. The standard InChI is InChI=1S/C10H10BrClFNO/c11-4-1-5-14-10(15)7-2-3-9(13)8(12)6-7/h2-3,6H,1,4-5H2,(H,14,15). The Labute approximate surface area is 101 Å². The predicted octanol–water partition coefficient (Wildman–Crippen LogP) is 2.99. The molecule has 0 bridgehead atoms. The van der Waals surface area contributed by atoms with Crippen LogP contribution in [0, 0.1) is 5.82 Å². The molecule has 2 nitrogen and oxygen atoms in total. The van der Waals surface area contributed by atoms with Crippen LogP contribution in [0.25, 0.3) is 0 Å². The Morgan fingerprint density at radius 2 is 2.27 bits per heavy atom. The SMILES string of the molecule is O=C(NCCCBr)c1ccc(F)c(Cl)c1. The highest BCUT2D eigenvalue weighted by Crippen LogP contribution is 2.15. The van der Waals surface area contributed by atoms with Gasteiger partial charge < -0.3 is 5.32 Å². The fraction of sp³-hybridized carbons (Fsp3) is 0.300. The second-order valence-electron chi connectivity index (χ2n) is 2.93. The molecule has 1 rings (SSSR count). The first-order chi connectivity index (χ1) is 7.15. The molecule has 0 aromatic heterocycles. The van der Waals surface area contributed by atoms with Gasteiger partial charge in [-0.15, -0.1) is 0 Å². The van der Waals surface area contributed by atoms with Crippen molar-refractivity contribution in [1.82, 2.24) is 5.32 Å². The van der Waals surface area contributed by atoms with Gasteiger partial charge in [0.25, 0.3) is 5.91 Å². The van der Waals surface area contributed by atoms with Crippen LogP contribution in [0.15, 0.2) is 18.2 Å². The summed E-state index contributed by atoms with van der Waals surface area (Å²) < 4.78 is 12.8. The van der Waals surface area contributed by atoms with Crippen LogP contribution < -0.4 is 5.32 Å². The number of benzene rings is 1. The minimum absolute atomic E-state index is 0.0388. The molecule has 1 aromatic rings. The molecule has 0 aliphatic carbocycles. The Hall–Kier alpha value is -0.610. The number of hydrogen-bond donors (Lipinski definition) is 1. The molecule has 0 heterocycles. The summed E-state index contributed by atoms with van der Waals surface area (Å²) in [5.41, 5.74) is 0.371. The number of rotatable bonds is 4. The minimum Gasteiger partial charge on any atom is -0.352 e. The van der Waals surface area contributed by atoms with Crippen LogP contribution >= 0.6 is 27.5 Å². The van der Waals surface area contributed by atoms with E-state index in [4.69, 9.17) is 11.6 Å². The van der Waals surface area contributed by atoms with Crippen LogP contribution in [0.2, 0.25) is 5.02 Å². The third-order valence-electron chi connectivity index (χ3n) is 1.78. The highest BCUT2D eigenvalue weighted by Gasteiger charge is 2.07. The van der Waals surface area contributed by atoms with Crippen molar-refractivity contribution < 1.29 is 9.18 Å². The van der Waals surface area contributed by atoms with Crippen molar-refractivity contribution in [1.29, 1.82) is 0 Å². The number of carbonyl (C=O) groups is 1. The molecule has 1 aromatic carbocycles. The van der Waals surface area contributed by atoms with E-state index in [2.05, 4.69) is 21.2 Å². The Morgan fingerprint density at radius 3 is 2.87 bits per heavy atom. The van der Waals surface area contributed by atoms with E-state index in [1.807, 2.05) is 0 Å². The monoisotopic (exact) mass is 293 g/mol. The number of hydrogen-bond acceptors (Lipinski definition) is 1. The van der Waals surface area contributed by atoms with Gasteiger partial charge in [-0.25, -0.2) is 4.39 Å². The van der Waals surface area contributed by atoms with E-state index in [0.717, 1.165) is 11.8 Å². The maximum atomic E-state index is 12.8. The van der Waals surface area contributed by atoms with Crippen LogP contribution in [0.3, 0.4) is 0 Å². The number of nitrogens with one attached hydrogen (secondary N) is 1. The summed E-state index contributed by atoms with van der Waals surface area (Å²) in [5.74, 6) is -0.758. The van der Waals surface area contributed by atoms with Gasteiger partial charge in [-0.05, 0) is 24.6 Å². The molecule has 1 N–H and O–H groups in total. The highest BCUT2D eigenvalue weighted by atomic mass is 79.9. The normalized spacial score (nSPS) is 10.1. The van der Waals surface area contributed by atoms with Crippen molar-refractivity contribution in [3.8, 4) is 0 Å². The molecule has 0 saturated heterocycles. The molecule has 1 amide bonds. The number of halogens is 3. The Kier molecular flexibility index (Phi) is 5.05. The first-order valence-electron chi connectivity index (χ1n) is 4.44. The molecule has 0 fully saturated rings. The van der Waals surface area contributed by atoms with Crippen LogP contribution in [-0.2, 0) is 0 Å². The first-order valence-corrected chi connectivity index (χ1v) is 5.94. The third-order valence-corrected chi connectivity index (χ3v) is 2.63. The lowest BCUT2D eigenvalue weighted by atomic mass is 10.2. The van der Waals surface area contributed by atoms with Crippen molar-refractivity contribution >= 4 is 33.4 Å². The average Bonchev–Trinajstić information content (AvgIpc) is 2.22. The summed E-state index contributed by atoms with van der Waals surface area (Å²) in [7, 11) is 0. The molecule has 0 aliphatic heterocycles. The minimum atomic E-state index is -0.520. The van der Waals surface area contributed by atoms with E-state index >= 15 is 0 Å². The molecule has 82 valence electrons. The highest BCUT2D eigenvalue weighted by molar-refractivity contribution is 9.09. The second-order valence-corrected chi connectivity index (χ2v) is 4.13. The first kappa shape index (κ1) is 12.5. The summed E-state index contributed by atoms with van der Waals surface area (Å²) in [6, 6.07) is 3.91.